The Kier molecular flexibility index (Phi) is 4.55. The van der Waals surface area contributed by atoms with E-state index in [1.54, 1.807) is 0 Å². The lowest BCUT2D eigenvalue weighted by Gasteiger charge is -2.10. The predicted octanol–water partition coefficient (Wildman–Crippen LogP) is 4.00. The van der Waals surface area contributed by atoms with Crippen molar-refractivity contribution >= 4 is 17.2 Å². The Hall–Kier alpha value is -1.81. The van der Waals surface area contributed by atoms with Crippen LogP contribution < -0.4 is 10.1 Å². The zero-order chi connectivity index (χ0) is 14.5. The van der Waals surface area contributed by atoms with E-state index in [0.717, 1.165) is 29.0 Å². The first kappa shape index (κ1) is 14.1. The Bertz CT molecular complexity index is 588. The van der Waals surface area contributed by atoms with Gasteiger partial charge in [0, 0.05) is 11.6 Å². The smallest absolute Gasteiger partial charge is 0.261 e. The lowest BCUT2D eigenvalue weighted by molar-refractivity contribution is 0.0942. The summed E-state index contributed by atoms with van der Waals surface area (Å²) < 4.78 is 5.69. The summed E-state index contributed by atoms with van der Waals surface area (Å²) in [6.07, 6.45) is 4.68. The standard InChI is InChI=1S/C17H19NO2S/c19-17(18-14-6-4-5-7-14)16-10-13(12-21-16)11-20-15-8-2-1-3-9-15/h1-3,8-10,12,14H,4-7,11H2,(H,18,19). The van der Waals surface area contributed by atoms with Crippen LogP contribution in [0.1, 0.15) is 40.9 Å². The molecule has 1 fully saturated rings. The molecule has 4 heteroatoms. The minimum atomic E-state index is 0.0536. The maximum atomic E-state index is 12.1. The molecule has 1 N–H and O–H groups in total. The van der Waals surface area contributed by atoms with Gasteiger partial charge >= 0.3 is 0 Å². The molecule has 0 aliphatic heterocycles. The normalized spacial score (nSPS) is 15.0. The first-order valence-electron chi connectivity index (χ1n) is 7.37. The number of thiophene rings is 1. The van der Waals surface area contributed by atoms with Gasteiger partial charge in [0.1, 0.15) is 12.4 Å². The highest BCUT2D eigenvalue weighted by Crippen LogP contribution is 2.21. The van der Waals surface area contributed by atoms with Crippen molar-refractivity contribution in [3.05, 3.63) is 52.2 Å². The number of para-hydroxylation sites is 1. The third-order valence-electron chi connectivity index (χ3n) is 3.72. The number of nitrogens with one attached hydrogen (secondary N) is 1. The van der Waals surface area contributed by atoms with Gasteiger partial charge in [0.25, 0.3) is 5.91 Å². The van der Waals surface area contributed by atoms with Crippen LogP contribution in [0.15, 0.2) is 41.8 Å². The Morgan fingerprint density at radius 3 is 2.76 bits per heavy atom. The average Bonchev–Trinajstić information content (AvgIpc) is 3.17. The zero-order valence-corrected chi connectivity index (χ0v) is 12.7. The van der Waals surface area contributed by atoms with E-state index in [1.807, 2.05) is 41.8 Å². The fraction of sp³-hybridized carbons (Fsp3) is 0.353. The SMILES string of the molecule is O=C(NC1CCCC1)c1cc(COc2ccccc2)cs1. The van der Waals surface area contributed by atoms with Crippen LogP contribution in [0.3, 0.4) is 0 Å². The highest BCUT2D eigenvalue weighted by Gasteiger charge is 2.18. The summed E-state index contributed by atoms with van der Waals surface area (Å²) in [4.78, 5) is 12.9. The van der Waals surface area contributed by atoms with Crippen molar-refractivity contribution in [1.29, 1.82) is 0 Å². The first-order valence-corrected chi connectivity index (χ1v) is 8.25. The monoisotopic (exact) mass is 301 g/mol. The van der Waals surface area contributed by atoms with Crippen LogP contribution in [0.4, 0.5) is 0 Å². The molecule has 1 heterocycles. The first-order chi connectivity index (χ1) is 10.3. The van der Waals surface area contributed by atoms with Crippen LogP contribution in [0.2, 0.25) is 0 Å². The molecule has 3 rings (SSSR count). The molecule has 1 amide bonds. The van der Waals surface area contributed by atoms with Gasteiger partial charge in [-0.3, -0.25) is 4.79 Å². The highest BCUT2D eigenvalue weighted by molar-refractivity contribution is 7.12. The molecule has 0 radical (unpaired) electrons. The van der Waals surface area contributed by atoms with E-state index >= 15 is 0 Å². The van der Waals surface area contributed by atoms with Gasteiger partial charge < -0.3 is 10.1 Å². The Balaban J connectivity index is 1.54. The summed E-state index contributed by atoms with van der Waals surface area (Å²) in [5, 5.41) is 5.11. The molecule has 3 nitrogen and oxygen atoms in total. The molecular weight excluding hydrogens is 282 g/mol. The fourth-order valence-corrected chi connectivity index (χ4v) is 3.38. The quantitative estimate of drug-likeness (QED) is 0.906. The molecule has 0 saturated heterocycles. The second kappa shape index (κ2) is 6.76. The summed E-state index contributed by atoms with van der Waals surface area (Å²) in [5.74, 6) is 0.901. The average molecular weight is 301 g/mol. The fourth-order valence-electron chi connectivity index (χ4n) is 2.58. The van der Waals surface area contributed by atoms with Gasteiger partial charge in [-0.2, -0.15) is 0 Å². The largest absolute Gasteiger partial charge is 0.489 e. The van der Waals surface area contributed by atoms with Crippen LogP contribution in [-0.2, 0) is 6.61 Å². The Morgan fingerprint density at radius 1 is 1.24 bits per heavy atom. The van der Waals surface area contributed by atoms with Gasteiger partial charge in [-0.1, -0.05) is 31.0 Å². The van der Waals surface area contributed by atoms with E-state index in [1.165, 1.54) is 24.2 Å². The number of carbonyl (C=O) groups excluding carboxylic acids is 1. The van der Waals surface area contributed by atoms with Crippen molar-refractivity contribution in [3.63, 3.8) is 0 Å². The van der Waals surface area contributed by atoms with Crippen LogP contribution in [0.25, 0.3) is 0 Å². The molecular formula is C17H19NO2S. The topological polar surface area (TPSA) is 38.3 Å². The van der Waals surface area contributed by atoms with Gasteiger partial charge in [0.15, 0.2) is 0 Å². The molecule has 2 aromatic rings. The number of ether oxygens (including phenoxy) is 1. The molecule has 1 aromatic carbocycles. The van der Waals surface area contributed by atoms with Crippen LogP contribution in [-0.4, -0.2) is 11.9 Å². The van der Waals surface area contributed by atoms with Crippen molar-refractivity contribution in [3.8, 4) is 5.75 Å². The molecule has 0 atom stereocenters. The third kappa shape index (κ3) is 3.85. The minimum Gasteiger partial charge on any atom is -0.489 e. The lowest BCUT2D eigenvalue weighted by Crippen LogP contribution is -2.31. The van der Waals surface area contributed by atoms with E-state index in [4.69, 9.17) is 4.74 Å². The predicted molar refractivity (Wildman–Crippen MR) is 84.8 cm³/mol. The molecule has 0 bridgehead atoms. The van der Waals surface area contributed by atoms with Gasteiger partial charge in [-0.15, -0.1) is 11.3 Å². The van der Waals surface area contributed by atoms with Crippen molar-refractivity contribution in [2.75, 3.05) is 0 Å². The molecule has 1 aliphatic carbocycles. The van der Waals surface area contributed by atoms with Crippen molar-refractivity contribution in [2.45, 2.75) is 38.3 Å². The summed E-state index contributed by atoms with van der Waals surface area (Å²) in [6.45, 7) is 0.497. The van der Waals surface area contributed by atoms with Gasteiger partial charge in [-0.25, -0.2) is 0 Å². The van der Waals surface area contributed by atoms with E-state index in [-0.39, 0.29) is 5.91 Å². The summed E-state index contributed by atoms with van der Waals surface area (Å²) in [5.41, 5.74) is 1.04. The van der Waals surface area contributed by atoms with Crippen molar-refractivity contribution in [1.82, 2.24) is 5.32 Å². The maximum Gasteiger partial charge on any atom is 0.261 e. The lowest BCUT2D eigenvalue weighted by atomic mass is 10.2. The van der Waals surface area contributed by atoms with Gasteiger partial charge in [0.05, 0.1) is 4.88 Å². The van der Waals surface area contributed by atoms with E-state index in [0.29, 0.717) is 12.6 Å². The molecule has 1 aromatic heterocycles. The summed E-state index contributed by atoms with van der Waals surface area (Å²) >= 11 is 1.48. The van der Waals surface area contributed by atoms with Gasteiger partial charge in [0.2, 0.25) is 0 Å². The second-order valence-electron chi connectivity index (χ2n) is 5.38. The second-order valence-corrected chi connectivity index (χ2v) is 6.29. The minimum absolute atomic E-state index is 0.0536. The molecule has 110 valence electrons. The molecule has 1 saturated carbocycles. The maximum absolute atomic E-state index is 12.1. The molecule has 21 heavy (non-hydrogen) atoms. The highest BCUT2D eigenvalue weighted by atomic mass is 32.1. The van der Waals surface area contributed by atoms with E-state index < -0.39 is 0 Å². The Labute approximate surface area is 129 Å². The van der Waals surface area contributed by atoms with E-state index in [2.05, 4.69) is 5.32 Å². The third-order valence-corrected chi connectivity index (χ3v) is 4.69. The molecule has 1 aliphatic rings. The van der Waals surface area contributed by atoms with Crippen LogP contribution >= 0.6 is 11.3 Å². The number of benzene rings is 1. The number of hydrogen-bond acceptors (Lipinski definition) is 3. The number of hydrogen-bond donors (Lipinski definition) is 1. The molecule has 0 spiro atoms. The number of rotatable bonds is 5. The molecule has 0 unspecified atom stereocenters. The zero-order valence-electron chi connectivity index (χ0n) is 11.9. The van der Waals surface area contributed by atoms with Crippen molar-refractivity contribution in [2.24, 2.45) is 0 Å². The summed E-state index contributed by atoms with van der Waals surface area (Å²) in [6, 6.07) is 12.0. The van der Waals surface area contributed by atoms with E-state index in [9.17, 15) is 4.79 Å². The van der Waals surface area contributed by atoms with Crippen LogP contribution in [0, 0.1) is 0 Å². The van der Waals surface area contributed by atoms with Crippen LogP contribution in [0.5, 0.6) is 5.75 Å². The Morgan fingerprint density at radius 2 is 2.00 bits per heavy atom. The van der Waals surface area contributed by atoms with Crippen molar-refractivity contribution < 1.29 is 9.53 Å². The summed E-state index contributed by atoms with van der Waals surface area (Å²) in [7, 11) is 0. The van der Waals surface area contributed by atoms with Gasteiger partial charge in [-0.05, 0) is 36.4 Å². The number of carbonyl (C=O) groups is 1. The number of amides is 1.